The maximum Gasteiger partial charge on any atom is 0.470 e. The molecule has 244 valence electrons. The van der Waals surface area contributed by atoms with Gasteiger partial charge in [0.1, 0.15) is 36.2 Å². The van der Waals surface area contributed by atoms with Gasteiger partial charge in [0.2, 0.25) is 11.8 Å². The molecule has 6 N–H and O–H groups in total. The summed E-state index contributed by atoms with van der Waals surface area (Å²) in [6.07, 6.45) is -2.55. The predicted molar refractivity (Wildman–Crippen MR) is 168 cm³/mol. The number of hydrogen-bond donors (Lipinski definition) is 5. The van der Waals surface area contributed by atoms with Gasteiger partial charge in [-0.1, -0.05) is 66.7 Å². The van der Waals surface area contributed by atoms with Crippen molar-refractivity contribution in [1.82, 2.24) is 15.6 Å². The molecule has 0 aliphatic heterocycles. The lowest BCUT2D eigenvalue weighted by Crippen LogP contribution is -2.57. The summed E-state index contributed by atoms with van der Waals surface area (Å²) < 4.78 is 22.7. The van der Waals surface area contributed by atoms with Crippen LogP contribution in [0.2, 0.25) is 0 Å². The lowest BCUT2D eigenvalue weighted by atomic mass is 9.99. The molecule has 3 unspecified atom stereocenters. The molecule has 0 saturated carbocycles. The van der Waals surface area contributed by atoms with E-state index in [4.69, 9.17) is 15.0 Å². The minimum Gasteiger partial charge on any atom is -0.490 e. The van der Waals surface area contributed by atoms with Crippen LogP contribution in [0.25, 0.3) is 10.9 Å². The monoisotopic (exact) mass is 662 g/mol. The number of benzene rings is 3. The second-order valence-electron chi connectivity index (χ2n) is 10.3. The summed E-state index contributed by atoms with van der Waals surface area (Å²) in [5, 5.41) is 5.50. The van der Waals surface area contributed by atoms with Crippen LogP contribution in [0, 0.1) is 0 Å². The number of nitrogens with zero attached hydrogens (tertiary/aromatic N) is 1. The van der Waals surface area contributed by atoms with Crippen LogP contribution in [0.4, 0.5) is 0 Å². The minimum atomic E-state index is -5.33. The molecule has 0 bridgehead atoms. The number of carbonyl (C=O) groups excluding carboxylic acids is 5. The van der Waals surface area contributed by atoms with E-state index in [1.165, 1.54) is 49.4 Å². The number of ketones is 2. The summed E-state index contributed by atoms with van der Waals surface area (Å²) in [6.45, 7) is 0.557. The fraction of sp³-hybridized carbons (Fsp3) is 0.188. The first-order chi connectivity index (χ1) is 22.3. The first-order valence-corrected chi connectivity index (χ1v) is 15.7. The smallest absolute Gasteiger partial charge is 0.470 e. The summed E-state index contributed by atoms with van der Waals surface area (Å²) in [5.41, 5.74) is 5.95. The van der Waals surface area contributed by atoms with Crippen LogP contribution < -0.4 is 21.1 Å². The molecule has 14 nitrogen and oxygen atoms in total. The number of amides is 3. The molecule has 0 fully saturated rings. The van der Waals surface area contributed by atoms with E-state index in [9.17, 15) is 38.3 Å². The first kappa shape index (κ1) is 34.6. The van der Waals surface area contributed by atoms with Crippen LogP contribution in [0.3, 0.4) is 0 Å². The van der Waals surface area contributed by atoms with Crippen LogP contribution in [-0.4, -0.2) is 68.9 Å². The van der Waals surface area contributed by atoms with Gasteiger partial charge in [-0.15, -0.1) is 0 Å². The number of phosphoric acid groups is 1. The molecule has 4 aromatic rings. The third kappa shape index (κ3) is 9.61. The van der Waals surface area contributed by atoms with E-state index in [1.54, 1.807) is 48.5 Å². The van der Waals surface area contributed by atoms with Gasteiger partial charge in [0.25, 0.3) is 5.91 Å². The predicted octanol–water partition coefficient (Wildman–Crippen LogP) is 2.34. The number of pyridine rings is 1. The van der Waals surface area contributed by atoms with Crippen LogP contribution in [0.15, 0.2) is 91.0 Å². The first-order valence-electron chi connectivity index (χ1n) is 14.1. The Labute approximate surface area is 268 Å². The van der Waals surface area contributed by atoms with Gasteiger partial charge in [0.05, 0.1) is 17.5 Å². The zero-order chi connectivity index (χ0) is 34.1. The highest BCUT2D eigenvalue weighted by atomic mass is 31.2. The van der Waals surface area contributed by atoms with Crippen molar-refractivity contribution >= 4 is 48.0 Å². The van der Waals surface area contributed by atoms with Gasteiger partial charge in [-0.05, 0) is 31.2 Å². The lowest BCUT2D eigenvalue weighted by Gasteiger charge is -2.29. The number of Topliss-reactive ketones (excluding diaryl/α,β-unsaturated/α-hetero) is 2. The number of hydrogen-bond acceptors (Lipinski definition) is 9. The molecule has 0 radical (unpaired) electrons. The number of nitrogens with two attached hydrogens (primary N) is 1. The molecule has 3 amide bonds. The number of aromatic nitrogens is 1. The molecule has 3 atom stereocenters. The average Bonchev–Trinajstić information content (AvgIpc) is 3.04. The van der Waals surface area contributed by atoms with E-state index in [1.807, 2.05) is 0 Å². The molecule has 1 aromatic heterocycles. The molecule has 0 saturated heterocycles. The third-order valence-electron chi connectivity index (χ3n) is 6.81. The van der Waals surface area contributed by atoms with E-state index in [-0.39, 0.29) is 28.4 Å². The van der Waals surface area contributed by atoms with Gasteiger partial charge in [-0.3, -0.25) is 28.5 Å². The Morgan fingerprint density at radius 3 is 2.21 bits per heavy atom. The molecule has 0 aliphatic carbocycles. The molecule has 0 spiro atoms. The van der Waals surface area contributed by atoms with Gasteiger partial charge in [0.15, 0.2) is 11.6 Å². The van der Waals surface area contributed by atoms with Crippen LogP contribution in [-0.2, 0) is 18.7 Å². The molecule has 3 aromatic carbocycles. The summed E-state index contributed by atoms with van der Waals surface area (Å²) in [6, 6.07) is 20.0. The summed E-state index contributed by atoms with van der Waals surface area (Å²) >= 11 is 0. The minimum absolute atomic E-state index is 0.0251. The number of primary amides is 1. The van der Waals surface area contributed by atoms with Gasteiger partial charge >= 0.3 is 7.82 Å². The van der Waals surface area contributed by atoms with Crippen molar-refractivity contribution in [3.63, 3.8) is 0 Å². The number of carbonyl (C=O) groups is 5. The van der Waals surface area contributed by atoms with Gasteiger partial charge in [0, 0.05) is 10.9 Å². The number of ether oxygens (including phenoxy) is 1. The molecule has 4 rings (SSSR count). The average molecular weight is 663 g/mol. The normalized spacial score (nSPS) is 13.2. The molecule has 0 aliphatic rings. The lowest BCUT2D eigenvalue weighted by molar-refractivity contribution is -0.127. The molecular formula is C32H31N4O10P. The number of phosphoric ester groups is 1. The fourth-order valence-corrected chi connectivity index (χ4v) is 5.15. The highest BCUT2D eigenvalue weighted by Crippen LogP contribution is 2.39. The van der Waals surface area contributed by atoms with Gasteiger partial charge in [-0.2, -0.15) is 0 Å². The van der Waals surface area contributed by atoms with Crippen LogP contribution >= 0.6 is 7.82 Å². The molecule has 15 heteroatoms. The maximum atomic E-state index is 13.8. The standard InChI is InChI=1S/C32H31N4O10P/c1-19(37)22-12-6-8-14-26(22)45-18-27(46-47(42,43)44)29(30(39)21-10-3-2-4-11-21)36-32(41)25(17-28(33)38)35-31(40)24-16-15-20-9-5-7-13-23(20)34-24/h2-16,25,27,29H,17-18H2,1H3,(H2,33,38)(H,35,40)(H,36,41)(H2,42,43,44). The van der Waals surface area contributed by atoms with E-state index < -0.39 is 62.5 Å². The van der Waals surface area contributed by atoms with Crippen molar-refractivity contribution in [2.75, 3.05) is 6.61 Å². The zero-order valence-corrected chi connectivity index (χ0v) is 25.8. The van der Waals surface area contributed by atoms with E-state index in [0.717, 1.165) is 5.39 Å². The number of fused-ring (bicyclic) bond motifs is 1. The van der Waals surface area contributed by atoms with Crippen LogP contribution in [0.5, 0.6) is 5.75 Å². The van der Waals surface area contributed by atoms with Gasteiger partial charge in [-0.25, -0.2) is 9.55 Å². The van der Waals surface area contributed by atoms with E-state index in [2.05, 4.69) is 15.6 Å². The Morgan fingerprint density at radius 2 is 1.53 bits per heavy atom. The Morgan fingerprint density at radius 1 is 0.872 bits per heavy atom. The Bertz CT molecular complexity index is 1850. The van der Waals surface area contributed by atoms with Gasteiger partial charge < -0.3 is 30.9 Å². The Hall–Kier alpha value is -5.27. The number of rotatable bonds is 15. The SMILES string of the molecule is CC(=O)c1ccccc1OCC(OP(=O)(O)O)C(NC(=O)C(CC(N)=O)NC(=O)c1ccc2ccccc2n1)C(=O)c1ccccc1. The topological polar surface area (TPSA) is 224 Å². The number of nitrogens with one attached hydrogen (secondary N) is 2. The summed E-state index contributed by atoms with van der Waals surface area (Å²) in [5.74, 6) is -4.11. The summed E-state index contributed by atoms with van der Waals surface area (Å²) in [7, 11) is -5.33. The van der Waals surface area contributed by atoms with Crippen LogP contribution in [0.1, 0.15) is 44.5 Å². The van der Waals surface area contributed by atoms with Crippen molar-refractivity contribution in [2.24, 2.45) is 5.73 Å². The number of para-hydroxylation sites is 2. The fourth-order valence-electron chi connectivity index (χ4n) is 4.62. The summed E-state index contributed by atoms with van der Waals surface area (Å²) in [4.78, 5) is 88.4. The molecule has 1 heterocycles. The second kappa shape index (κ2) is 15.3. The quantitative estimate of drug-likeness (QED) is 0.0917. The van der Waals surface area contributed by atoms with Crippen molar-refractivity contribution in [3.05, 3.63) is 108 Å². The molecule has 47 heavy (non-hydrogen) atoms. The van der Waals surface area contributed by atoms with Crippen molar-refractivity contribution in [2.45, 2.75) is 31.5 Å². The highest BCUT2D eigenvalue weighted by molar-refractivity contribution is 7.46. The largest absolute Gasteiger partial charge is 0.490 e. The Kier molecular flexibility index (Phi) is 11.3. The van der Waals surface area contributed by atoms with Crippen molar-refractivity contribution in [3.8, 4) is 5.75 Å². The zero-order valence-electron chi connectivity index (χ0n) is 24.9. The second-order valence-corrected chi connectivity index (χ2v) is 11.5. The molecular weight excluding hydrogens is 631 g/mol. The van der Waals surface area contributed by atoms with E-state index >= 15 is 0 Å². The maximum absolute atomic E-state index is 13.8. The van der Waals surface area contributed by atoms with Crippen molar-refractivity contribution < 1.29 is 47.6 Å². The third-order valence-corrected chi connectivity index (χ3v) is 7.36. The van der Waals surface area contributed by atoms with Crippen molar-refractivity contribution in [1.29, 1.82) is 0 Å². The highest BCUT2D eigenvalue weighted by Gasteiger charge is 2.38. The Balaban J connectivity index is 1.66. The van der Waals surface area contributed by atoms with E-state index in [0.29, 0.717) is 5.52 Å².